The molecular weight excluding hydrogens is 278 g/mol. The van der Waals surface area contributed by atoms with Crippen molar-refractivity contribution >= 4 is 23.2 Å². The average molecular weight is 295 g/mol. The molecule has 0 radical (unpaired) electrons. The van der Waals surface area contributed by atoms with E-state index in [1.54, 1.807) is 17.8 Å². The van der Waals surface area contributed by atoms with E-state index in [0.717, 1.165) is 22.7 Å². The predicted molar refractivity (Wildman–Crippen MR) is 88.9 cm³/mol. The number of benzene rings is 2. The molecule has 1 aliphatic rings. The van der Waals surface area contributed by atoms with Gasteiger partial charge in [-0.2, -0.15) is 0 Å². The maximum atomic E-state index is 12.4. The lowest BCUT2D eigenvalue weighted by Gasteiger charge is -2.17. The SMILES string of the molecule is CCN1C(=CC(=O)c2ccc(C)cc2)Sc2ccccc21. The van der Waals surface area contributed by atoms with E-state index in [2.05, 4.69) is 24.0 Å². The predicted octanol–water partition coefficient (Wildman–Crippen LogP) is 4.65. The number of para-hydroxylation sites is 1. The quantitative estimate of drug-likeness (QED) is 0.607. The van der Waals surface area contributed by atoms with Crippen LogP contribution in [0, 0.1) is 6.92 Å². The molecule has 0 spiro atoms. The van der Waals surface area contributed by atoms with Gasteiger partial charge in [0.1, 0.15) is 0 Å². The third kappa shape index (κ3) is 2.74. The molecule has 0 saturated heterocycles. The zero-order valence-corrected chi connectivity index (χ0v) is 13.0. The van der Waals surface area contributed by atoms with Crippen LogP contribution in [0.4, 0.5) is 5.69 Å². The van der Waals surface area contributed by atoms with Gasteiger partial charge < -0.3 is 4.90 Å². The van der Waals surface area contributed by atoms with Crippen LogP contribution in [-0.2, 0) is 0 Å². The first-order valence-electron chi connectivity index (χ1n) is 7.06. The van der Waals surface area contributed by atoms with Crippen LogP contribution < -0.4 is 4.90 Å². The van der Waals surface area contributed by atoms with Crippen LogP contribution in [0.1, 0.15) is 22.8 Å². The van der Waals surface area contributed by atoms with Gasteiger partial charge >= 0.3 is 0 Å². The minimum Gasteiger partial charge on any atom is -0.335 e. The maximum Gasteiger partial charge on any atom is 0.188 e. The van der Waals surface area contributed by atoms with Gasteiger partial charge in [0.2, 0.25) is 0 Å². The Morgan fingerprint density at radius 3 is 2.57 bits per heavy atom. The summed E-state index contributed by atoms with van der Waals surface area (Å²) < 4.78 is 0. The van der Waals surface area contributed by atoms with Gasteiger partial charge in [-0.1, -0.05) is 53.7 Å². The highest BCUT2D eigenvalue weighted by Gasteiger charge is 2.24. The van der Waals surface area contributed by atoms with E-state index in [4.69, 9.17) is 0 Å². The summed E-state index contributed by atoms with van der Waals surface area (Å²) in [6.07, 6.45) is 1.75. The Balaban J connectivity index is 1.90. The summed E-state index contributed by atoms with van der Waals surface area (Å²) in [7, 11) is 0. The van der Waals surface area contributed by atoms with Crippen LogP contribution in [0.15, 0.2) is 64.5 Å². The molecule has 2 aromatic rings. The van der Waals surface area contributed by atoms with Gasteiger partial charge in [-0.15, -0.1) is 0 Å². The molecule has 0 saturated carbocycles. The van der Waals surface area contributed by atoms with Crippen molar-refractivity contribution in [2.45, 2.75) is 18.7 Å². The summed E-state index contributed by atoms with van der Waals surface area (Å²) in [5.41, 5.74) is 3.09. The Morgan fingerprint density at radius 1 is 1.14 bits per heavy atom. The van der Waals surface area contributed by atoms with Gasteiger partial charge in [0.15, 0.2) is 5.78 Å². The lowest BCUT2D eigenvalue weighted by atomic mass is 10.1. The summed E-state index contributed by atoms with van der Waals surface area (Å²) in [6, 6.07) is 16.0. The van der Waals surface area contributed by atoms with E-state index in [9.17, 15) is 4.79 Å². The van der Waals surface area contributed by atoms with Crippen molar-refractivity contribution in [2.24, 2.45) is 0 Å². The van der Waals surface area contributed by atoms with Crippen LogP contribution >= 0.6 is 11.8 Å². The van der Waals surface area contributed by atoms with E-state index < -0.39 is 0 Å². The molecule has 1 heterocycles. The first-order valence-corrected chi connectivity index (χ1v) is 7.88. The average Bonchev–Trinajstić information content (AvgIpc) is 2.84. The normalized spacial score (nSPS) is 15.3. The minimum atomic E-state index is 0.0590. The first kappa shape index (κ1) is 14.0. The molecule has 0 atom stereocenters. The van der Waals surface area contributed by atoms with E-state index in [-0.39, 0.29) is 5.78 Å². The number of hydrogen-bond acceptors (Lipinski definition) is 3. The highest BCUT2D eigenvalue weighted by molar-refractivity contribution is 8.03. The van der Waals surface area contributed by atoms with Crippen LogP contribution in [0.5, 0.6) is 0 Å². The van der Waals surface area contributed by atoms with Gasteiger partial charge in [-0.05, 0) is 26.0 Å². The standard InChI is InChI=1S/C18H17NOS/c1-3-19-15-6-4-5-7-17(15)21-18(19)12-16(20)14-10-8-13(2)9-11-14/h4-12H,3H2,1-2H3. The molecule has 0 amide bonds. The lowest BCUT2D eigenvalue weighted by Crippen LogP contribution is -2.17. The number of aryl methyl sites for hydroxylation is 1. The number of rotatable bonds is 3. The molecule has 2 aromatic carbocycles. The Bertz CT molecular complexity index is 703. The van der Waals surface area contributed by atoms with Crippen molar-refractivity contribution in [2.75, 3.05) is 11.4 Å². The van der Waals surface area contributed by atoms with E-state index in [0.29, 0.717) is 0 Å². The van der Waals surface area contributed by atoms with Crippen molar-refractivity contribution in [1.82, 2.24) is 0 Å². The van der Waals surface area contributed by atoms with Gasteiger partial charge in [0.25, 0.3) is 0 Å². The van der Waals surface area contributed by atoms with Gasteiger partial charge in [0, 0.05) is 23.1 Å². The van der Waals surface area contributed by atoms with Crippen LogP contribution in [0.2, 0.25) is 0 Å². The number of nitrogens with zero attached hydrogens (tertiary/aromatic N) is 1. The van der Waals surface area contributed by atoms with E-state index >= 15 is 0 Å². The Labute approximate surface area is 129 Å². The number of thioether (sulfide) groups is 1. The lowest BCUT2D eigenvalue weighted by molar-refractivity contribution is 0.104. The zero-order valence-electron chi connectivity index (χ0n) is 12.2. The van der Waals surface area contributed by atoms with Crippen molar-refractivity contribution < 1.29 is 4.79 Å². The summed E-state index contributed by atoms with van der Waals surface area (Å²) >= 11 is 1.66. The first-order chi connectivity index (χ1) is 10.2. The molecule has 0 fully saturated rings. The van der Waals surface area contributed by atoms with Gasteiger partial charge in [-0.3, -0.25) is 4.79 Å². The minimum absolute atomic E-state index is 0.0590. The van der Waals surface area contributed by atoms with Crippen LogP contribution in [-0.4, -0.2) is 12.3 Å². The highest BCUT2D eigenvalue weighted by Crippen LogP contribution is 2.45. The number of hydrogen-bond donors (Lipinski definition) is 0. The summed E-state index contributed by atoms with van der Waals surface area (Å²) in [6.45, 7) is 4.98. The molecular formula is C18H17NOS. The van der Waals surface area contributed by atoms with Crippen molar-refractivity contribution in [3.8, 4) is 0 Å². The zero-order chi connectivity index (χ0) is 14.8. The second kappa shape index (κ2) is 5.78. The van der Waals surface area contributed by atoms with E-state index in [1.807, 2.05) is 43.3 Å². The summed E-state index contributed by atoms with van der Waals surface area (Å²) in [4.78, 5) is 15.8. The maximum absolute atomic E-state index is 12.4. The Kier molecular flexibility index (Phi) is 3.84. The van der Waals surface area contributed by atoms with Crippen molar-refractivity contribution in [3.05, 3.63) is 70.8 Å². The second-order valence-corrected chi connectivity index (χ2v) is 6.09. The largest absolute Gasteiger partial charge is 0.335 e. The van der Waals surface area contributed by atoms with E-state index in [1.165, 1.54) is 10.6 Å². The van der Waals surface area contributed by atoms with Crippen LogP contribution in [0.25, 0.3) is 0 Å². The molecule has 0 aromatic heterocycles. The Morgan fingerprint density at radius 2 is 1.86 bits per heavy atom. The highest BCUT2D eigenvalue weighted by atomic mass is 32.2. The Hall–Kier alpha value is -2.00. The molecule has 3 heteroatoms. The fraction of sp³-hybridized carbons (Fsp3) is 0.167. The third-order valence-electron chi connectivity index (χ3n) is 3.54. The number of fused-ring (bicyclic) bond motifs is 1. The van der Waals surface area contributed by atoms with Gasteiger partial charge in [0.05, 0.1) is 10.7 Å². The molecule has 106 valence electrons. The molecule has 0 aliphatic carbocycles. The number of carbonyl (C=O) groups excluding carboxylic acids is 1. The van der Waals surface area contributed by atoms with Crippen molar-refractivity contribution in [1.29, 1.82) is 0 Å². The number of anilines is 1. The number of ketones is 1. The summed E-state index contributed by atoms with van der Waals surface area (Å²) in [5.74, 6) is 0.0590. The van der Waals surface area contributed by atoms with Crippen molar-refractivity contribution in [3.63, 3.8) is 0 Å². The molecule has 0 bridgehead atoms. The number of allylic oxidation sites excluding steroid dienone is 1. The second-order valence-electron chi connectivity index (χ2n) is 5.03. The fourth-order valence-corrected chi connectivity index (χ4v) is 3.56. The molecule has 3 rings (SSSR count). The molecule has 1 aliphatic heterocycles. The third-order valence-corrected chi connectivity index (χ3v) is 4.66. The fourth-order valence-electron chi connectivity index (χ4n) is 2.40. The molecule has 21 heavy (non-hydrogen) atoms. The number of carbonyl (C=O) groups is 1. The van der Waals surface area contributed by atoms with Gasteiger partial charge in [-0.25, -0.2) is 0 Å². The smallest absolute Gasteiger partial charge is 0.188 e. The van der Waals surface area contributed by atoms with Crippen LogP contribution in [0.3, 0.4) is 0 Å². The summed E-state index contributed by atoms with van der Waals surface area (Å²) in [5, 5.41) is 1.00. The monoisotopic (exact) mass is 295 g/mol. The topological polar surface area (TPSA) is 20.3 Å². The molecule has 0 unspecified atom stereocenters. The molecule has 2 nitrogen and oxygen atoms in total. The molecule has 0 N–H and O–H groups in total.